The Balaban J connectivity index is 2.76. The van der Waals surface area contributed by atoms with Gasteiger partial charge in [0.2, 0.25) is 0 Å². The lowest BCUT2D eigenvalue weighted by Gasteiger charge is -2.07. The second-order valence-electron chi connectivity index (χ2n) is 3.45. The number of nitrogens with zero attached hydrogens (tertiary/aromatic N) is 2. The van der Waals surface area contributed by atoms with Gasteiger partial charge in [0.05, 0.1) is 11.8 Å². The molecule has 0 bridgehead atoms. The number of phenolic OH excluding ortho intramolecular Hbond substituents is 1. The molecule has 1 aromatic heterocycles. The van der Waals surface area contributed by atoms with E-state index < -0.39 is 28.0 Å². The third-order valence-electron chi connectivity index (χ3n) is 2.39. The summed E-state index contributed by atoms with van der Waals surface area (Å²) in [5.74, 6) is -2.58. The Hall–Kier alpha value is -1.82. The van der Waals surface area contributed by atoms with Crippen LogP contribution >= 0.6 is 11.6 Å². The highest BCUT2D eigenvalue weighted by Crippen LogP contribution is 2.37. The number of aryl methyl sites for hydroxylation is 1. The smallest absolute Gasteiger partial charge is 0.156 e. The Morgan fingerprint density at radius 2 is 2.12 bits per heavy atom. The summed E-state index contributed by atoms with van der Waals surface area (Å²) in [6.07, 6.45) is 1.23. The van der Waals surface area contributed by atoms with Gasteiger partial charge in [0.1, 0.15) is 22.4 Å². The van der Waals surface area contributed by atoms with Crippen molar-refractivity contribution < 1.29 is 13.9 Å². The van der Waals surface area contributed by atoms with Gasteiger partial charge in [0.15, 0.2) is 5.82 Å². The molecule has 0 saturated carbocycles. The van der Waals surface area contributed by atoms with E-state index in [-0.39, 0.29) is 11.4 Å². The Morgan fingerprint density at radius 1 is 1.47 bits per heavy atom. The normalized spacial score (nSPS) is 10.8. The van der Waals surface area contributed by atoms with Crippen LogP contribution < -0.4 is 5.73 Å². The van der Waals surface area contributed by atoms with Gasteiger partial charge in [-0.15, -0.1) is 0 Å². The lowest BCUT2D eigenvalue weighted by molar-refractivity contribution is 0.462. The monoisotopic (exact) mass is 259 g/mol. The molecule has 2 rings (SSSR count). The summed E-state index contributed by atoms with van der Waals surface area (Å²) in [4.78, 5) is 0. The van der Waals surface area contributed by atoms with Crippen molar-refractivity contribution in [3.05, 3.63) is 28.9 Å². The van der Waals surface area contributed by atoms with Crippen molar-refractivity contribution in [1.82, 2.24) is 9.78 Å². The molecule has 0 fully saturated rings. The number of aromatic nitrogens is 2. The average molecular weight is 260 g/mol. The molecule has 0 aliphatic heterocycles. The van der Waals surface area contributed by atoms with E-state index in [1.165, 1.54) is 17.9 Å². The first-order valence-electron chi connectivity index (χ1n) is 4.57. The predicted octanol–water partition coefficient (Wildman–Crippen LogP) is 2.31. The van der Waals surface area contributed by atoms with E-state index in [0.29, 0.717) is 0 Å². The number of hydrogen-bond acceptors (Lipinski definition) is 3. The first kappa shape index (κ1) is 11.7. The molecule has 1 aromatic carbocycles. The number of aromatic hydroxyl groups is 1. The van der Waals surface area contributed by atoms with Gasteiger partial charge in [0, 0.05) is 18.7 Å². The van der Waals surface area contributed by atoms with Gasteiger partial charge in [0.25, 0.3) is 0 Å². The molecule has 0 spiro atoms. The minimum absolute atomic E-state index is 0.0874. The van der Waals surface area contributed by atoms with Crippen LogP contribution in [0.4, 0.5) is 14.6 Å². The summed E-state index contributed by atoms with van der Waals surface area (Å²) >= 11 is 5.50. The number of halogens is 3. The highest BCUT2D eigenvalue weighted by atomic mass is 35.5. The average Bonchev–Trinajstić information content (AvgIpc) is 2.58. The molecule has 90 valence electrons. The molecule has 0 amide bonds. The molecule has 0 saturated heterocycles. The minimum Gasteiger partial charge on any atom is -0.506 e. The maximum Gasteiger partial charge on any atom is 0.156 e. The third kappa shape index (κ3) is 1.70. The van der Waals surface area contributed by atoms with E-state index in [1.807, 2.05) is 0 Å². The summed E-state index contributed by atoms with van der Waals surface area (Å²) in [5, 5.41) is 12.4. The lowest BCUT2D eigenvalue weighted by Crippen LogP contribution is -2.00. The topological polar surface area (TPSA) is 64.1 Å². The first-order valence-corrected chi connectivity index (χ1v) is 4.95. The summed E-state index contributed by atoms with van der Waals surface area (Å²) in [7, 11) is 1.54. The second kappa shape index (κ2) is 3.89. The molecule has 4 nitrogen and oxygen atoms in total. The van der Waals surface area contributed by atoms with E-state index in [0.717, 1.165) is 6.07 Å². The minimum atomic E-state index is -1.07. The number of nitrogens with two attached hydrogens (primary N) is 1. The van der Waals surface area contributed by atoms with Gasteiger partial charge in [-0.1, -0.05) is 11.6 Å². The standard InChI is InChI=1S/C10H8ClF2N3O/c1-16-10(14)4(3-15-16)7-5(12)2-6(17)8(11)9(7)13/h2-3,17H,14H2,1H3. The van der Waals surface area contributed by atoms with Crippen LogP contribution in [0.2, 0.25) is 5.02 Å². The van der Waals surface area contributed by atoms with Crippen molar-refractivity contribution in [2.24, 2.45) is 7.05 Å². The number of anilines is 1. The van der Waals surface area contributed by atoms with Crippen molar-refractivity contribution in [2.45, 2.75) is 0 Å². The fraction of sp³-hybridized carbons (Fsp3) is 0.100. The first-order chi connectivity index (χ1) is 7.93. The van der Waals surface area contributed by atoms with Crippen molar-refractivity contribution in [2.75, 3.05) is 5.73 Å². The van der Waals surface area contributed by atoms with Gasteiger partial charge in [-0.3, -0.25) is 4.68 Å². The van der Waals surface area contributed by atoms with Crippen molar-refractivity contribution in [1.29, 1.82) is 0 Å². The third-order valence-corrected chi connectivity index (χ3v) is 2.75. The molecular weight excluding hydrogens is 252 g/mol. The van der Waals surface area contributed by atoms with Crippen molar-refractivity contribution >= 4 is 17.4 Å². The number of benzene rings is 1. The number of phenols is 1. The van der Waals surface area contributed by atoms with Crippen LogP contribution in [0.25, 0.3) is 11.1 Å². The molecule has 3 N–H and O–H groups in total. The SMILES string of the molecule is Cn1ncc(-c2c(F)cc(O)c(Cl)c2F)c1N. The van der Waals surface area contributed by atoms with Crippen LogP contribution in [0.15, 0.2) is 12.3 Å². The van der Waals surface area contributed by atoms with E-state index in [2.05, 4.69) is 5.10 Å². The van der Waals surface area contributed by atoms with E-state index in [1.54, 1.807) is 0 Å². The number of nitrogen functional groups attached to an aromatic ring is 1. The van der Waals surface area contributed by atoms with Gasteiger partial charge >= 0.3 is 0 Å². The van der Waals surface area contributed by atoms with Crippen LogP contribution in [0.3, 0.4) is 0 Å². The maximum absolute atomic E-state index is 13.8. The van der Waals surface area contributed by atoms with Crippen LogP contribution in [0.5, 0.6) is 5.75 Å². The van der Waals surface area contributed by atoms with Gasteiger partial charge < -0.3 is 10.8 Å². The number of hydrogen-bond donors (Lipinski definition) is 2. The molecule has 7 heteroatoms. The molecule has 0 aliphatic rings. The molecule has 0 aliphatic carbocycles. The Bertz CT molecular complexity index is 598. The second-order valence-corrected chi connectivity index (χ2v) is 3.83. The molecule has 0 atom stereocenters. The highest BCUT2D eigenvalue weighted by molar-refractivity contribution is 6.32. The maximum atomic E-state index is 13.8. The van der Waals surface area contributed by atoms with E-state index >= 15 is 0 Å². The Kier molecular flexibility index (Phi) is 2.66. The Labute approximate surface area is 100 Å². The summed E-state index contributed by atoms with van der Waals surface area (Å²) in [6, 6.07) is 0.729. The molecule has 2 aromatic rings. The van der Waals surface area contributed by atoms with Gasteiger partial charge in [-0.05, 0) is 0 Å². The zero-order valence-corrected chi connectivity index (χ0v) is 9.46. The lowest BCUT2D eigenvalue weighted by atomic mass is 10.1. The van der Waals surface area contributed by atoms with Crippen LogP contribution in [0.1, 0.15) is 0 Å². The predicted molar refractivity (Wildman–Crippen MR) is 59.6 cm³/mol. The quantitative estimate of drug-likeness (QED) is 0.773. The largest absolute Gasteiger partial charge is 0.506 e. The van der Waals surface area contributed by atoms with E-state index in [9.17, 15) is 8.78 Å². The Morgan fingerprint density at radius 3 is 2.65 bits per heavy atom. The van der Waals surface area contributed by atoms with Crippen molar-refractivity contribution in [3.8, 4) is 16.9 Å². The van der Waals surface area contributed by atoms with Crippen LogP contribution in [0, 0.1) is 11.6 Å². The number of rotatable bonds is 1. The van der Waals surface area contributed by atoms with Crippen LogP contribution in [-0.2, 0) is 7.05 Å². The van der Waals surface area contributed by atoms with Gasteiger partial charge in [-0.2, -0.15) is 5.10 Å². The summed E-state index contributed by atoms with van der Waals surface area (Å²) in [6.45, 7) is 0. The summed E-state index contributed by atoms with van der Waals surface area (Å²) in [5.41, 5.74) is 5.31. The fourth-order valence-corrected chi connectivity index (χ4v) is 1.62. The molecule has 0 unspecified atom stereocenters. The van der Waals surface area contributed by atoms with Crippen molar-refractivity contribution in [3.63, 3.8) is 0 Å². The zero-order valence-electron chi connectivity index (χ0n) is 8.71. The molecule has 1 heterocycles. The molecular formula is C10H8ClF2N3O. The summed E-state index contributed by atoms with van der Waals surface area (Å²) < 4.78 is 28.7. The van der Waals surface area contributed by atoms with Crippen LogP contribution in [-0.4, -0.2) is 14.9 Å². The van der Waals surface area contributed by atoms with Gasteiger partial charge in [-0.25, -0.2) is 8.78 Å². The van der Waals surface area contributed by atoms with E-state index in [4.69, 9.17) is 22.4 Å². The zero-order chi connectivity index (χ0) is 12.7. The molecule has 0 radical (unpaired) electrons. The highest BCUT2D eigenvalue weighted by Gasteiger charge is 2.21. The fourth-order valence-electron chi connectivity index (χ4n) is 1.47. The molecule has 17 heavy (non-hydrogen) atoms.